The van der Waals surface area contributed by atoms with Crippen molar-refractivity contribution < 1.29 is 19.0 Å². The van der Waals surface area contributed by atoms with E-state index in [1.807, 2.05) is 0 Å². The van der Waals surface area contributed by atoms with Crippen molar-refractivity contribution in [3.63, 3.8) is 0 Å². The van der Waals surface area contributed by atoms with E-state index in [1.54, 1.807) is 0 Å². The van der Waals surface area contributed by atoms with Gasteiger partial charge in [0.25, 0.3) is 0 Å². The second-order valence-corrected chi connectivity index (χ2v) is 7.44. The topological polar surface area (TPSA) is 44.8 Å². The van der Waals surface area contributed by atoms with Crippen molar-refractivity contribution in [1.82, 2.24) is 0 Å². The van der Waals surface area contributed by atoms with Crippen molar-refractivity contribution in [3.8, 4) is 0 Å². The minimum Gasteiger partial charge on any atom is -0.463 e. The van der Waals surface area contributed by atoms with Gasteiger partial charge in [0.1, 0.15) is 6.61 Å². The lowest BCUT2D eigenvalue weighted by atomic mass is 10.1. The molecule has 0 aliphatic heterocycles. The van der Waals surface area contributed by atoms with Gasteiger partial charge in [-0.15, -0.1) is 0 Å². The molecule has 4 nitrogen and oxygen atoms in total. The normalized spacial score (nSPS) is 11.0. The molecule has 0 radical (unpaired) electrons. The SMILES string of the molecule is CCCCCCCCCCCC(=O)OCCOCCOCCCCCCC. The van der Waals surface area contributed by atoms with Crippen LogP contribution in [0.15, 0.2) is 0 Å². The third-order valence-corrected chi connectivity index (χ3v) is 4.74. The predicted octanol–water partition coefficient (Wildman–Crippen LogP) is 6.45. The second kappa shape index (κ2) is 23.4. The Morgan fingerprint density at radius 1 is 0.519 bits per heavy atom. The largest absolute Gasteiger partial charge is 0.463 e. The molecule has 0 saturated carbocycles. The number of hydrogen-bond donors (Lipinski definition) is 0. The molecular weight excluding hydrogens is 340 g/mol. The van der Waals surface area contributed by atoms with E-state index in [9.17, 15) is 4.79 Å². The quantitative estimate of drug-likeness (QED) is 0.158. The minimum absolute atomic E-state index is 0.0927. The number of carbonyl (C=O) groups excluding carboxylic acids is 1. The van der Waals surface area contributed by atoms with Crippen molar-refractivity contribution in [3.05, 3.63) is 0 Å². The summed E-state index contributed by atoms with van der Waals surface area (Å²) in [7, 11) is 0. The van der Waals surface area contributed by atoms with Crippen LogP contribution in [0.1, 0.15) is 110 Å². The van der Waals surface area contributed by atoms with Crippen LogP contribution in [0.25, 0.3) is 0 Å². The molecule has 0 bridgehead atoms. The van der Waals surface area contributed by atoms with Crippen molar-refractivity contribution in [2.45, 2.75) is 110 Å². The van der Waals surface area contributed by atoms with Gasteiger partial charge in [-0.1, -0.05) is 90.9 Å². The molecule has 27 heavy (non-hydrogen) atoms. The van der Waals surface area contributed by atoms with Gasteiger partial charge in [-0.3, -0.25) is 4.79 Å². The van der Waals surface area contributed by atoms with Crippen molar-refractivity contribution >= 4 is 5.97 Å². The number of esters is 1. The summed E-state index contributed by atoms with van der Waals surface area (Å²) in [5.74, 6) is -0.0927. The molecule has 0 amide bonds. The molecule has 0 N–H and O–H groups in total. The Kier molecular flexibility index (Phi) is 22.9. The van der Waals surface area contributed by atoms with E-state index in [2.05, 4.69) is 13.8 Å². The summed E-state index contributed by atoms with van der Waals surface area (Å²) in [4.78, 5) is 11.6. The van der Waals surface area contributed by atoms with Gasteiger partial charge >= 0.3 is 5.97 Å². The average Bonchev–Trinajstić information content (AvgIpc) is 2.67. The van der Waals surface area contributed by atoms with Crippen molar-refractivity contribution in [1.29, 1.82) is 0 Å². The van der Waals surface area contributed by atoms with Gasteiger partial charge in [0.15, 0.2) is 0 Å². The number of carbonyl (C=O) groups is 1. The van der Waals surface area contributed by atoms with E-state index in [4.69, 9.17) is 14.2 Å². The highest BCUT2D eigenvalue weighted by molar-refractivity contribution is 5.69. The summed E-state index contributed by atoms with van der Waals surface area (Å²) >= 11 is 0. The van der Waals surface area contributed by atoms with Gasteiger partial charge in [0.05, 0.1) is 19.8 Å². The van der Waals surface area contributed by atoms with Crippen molar-refractivity contribution in [2.75, 3.05) is 33.0 Å². The fourth-order valence-electron chi connectivity index (χ4n) is 3.00. The lowest BCUT2D eigenvalue weighted by Gasteiger charge is -2.07. The van der Waals surface area contributed by atoms with Crippen LogP contribution in [0, 0.1) is 0 Å². The molecule has 0 heterocycles. The molecule has 0 spiro atoms. The van der Waals surface area contributed by atoms with Gasteiger partial charge in [-0.05, 0) is 12.8 Å². The Hall–Kier alpha value is -0.610. The lowest BCUT2D eigenvalue weighted by molar-refractivity contribution is -0.145. The first-order valence-corrected chi connectivity index (χ1v) is 11.6. The maximum absolute atomic E-state index is 11.6. The second-order valence-electron chi connectivity index (χ2n) is 7.44. The Labute approximate surface area is 168 Å². The Morgan fingerprint density at radius 2 is 0.963 bits per heavy atom. The molecule has 0 aliphatic rings. The molecule has 0 rings (SSSR count). The molecular formula is C23H46O4. The number of hydrogen-bond acceptors (Lipinski definition) is 4. The van der Waals surface area contributed by atoms with E-state index in [0.717, 1.165) is 25.9 Å². The van der Waals surface area contributed by atoms with Gasteiger partial charge in [0.2, 0.25) is 0 Å². The maximum atomic E-state index is 11.6. The molecule has 0 aromatic rings. The molecule has 0 aliphatic carbocycles. The van der Waals surface area contributed by atoms with Crippen LogP contribution in [0.5, 0.6) is 0 Å². The third-order valence-electron chi connectivity index (χ3n) is 4.74. The predicted molar refractivity (Wildman–Crippen MR) is 113 cm³/mol. The van der Waals surface area contributed by atoms with Gasteiger partial charge < -0.3 is 14.2 Å². The van der Waals surface area contributed by atoms with E-state index in [0.29, 0.717) is 32.8 Å². The van der Waals surface area contributed by atoms with Crippen LogP contribution in [0.3, 0.4) is 0 Å². The van der Waals surface area contributed by atoms with Crippen molar-refractivity contribution in [2.24, 2.45) is 0 Å². The first-order chi connectivity index (χ1) is 13.3. The fraction of sp³-hybridized carbons (Fsp3) is 0.957. The number of ether oxygens (including phenoxy) is 3. The summed E-state index contributed by atoms with van der Waals surface area (Å²) in [6.45, 7) is 7.31. The maximum Gasteiger partial charge on any atom is 0.305 e. The zero-order valence-corrected chi connectivity index (χ0v) is 18.3. The summed E-state index contributed by atoms with van der Waals surface area (Å²) in [6.07, 6.45) is 18.2. The molecule has 0 unspecified atom stereocenters. The zero-order chi connectivity index (χ0) is 19.8. The summed E-state index contributed by atoms with van der Waals surface area (Å²) in [5.41, 5.74) is 0. The highest BCUT2D eigenvalue weighted by Gasteiger charge is 2.02. The van der Waals surface area contributed by atoms with Gasteiger partial charge in [0, 0.05) is 13.0 Å². The van der Waals surface area contributed by atoms with Crippen LogP contribution < -0.4 is 0 Å². The number of rotatable bonds is 22. The Balaban J connectivity index is 3.13. The fourth-order valence-corrected chi connectivity index (χ4v) is 3.00. The van der Waals surface area contributed by atoms with Crippen LogP contribution >= 0.6 is 0 Å². The Morgan fingerprint density at radius 3 is 1.56 bits per heavy atom. The van der Waals surface area contributed by atoms with E-state index in [1.165, 1.54) is 70.6 Å². The van der Waals surface area contributed by atoms with Crippen LogP contribution in [0.4, 0.5) is 0 Å². The Bertz CT molecular complexity index is 294. The molecule has 0 saturated heterocycles. The van der Waals surface area contributed by atoms with E-state index in [-0.39, 0.29) is 5.97 Å². The lowest BCUT2D eigenvalue weighted by Crippen LogP contribution is -2.13. The zero-order valence-electron chi connectivity index (χ0n) is 18.3. The highest BCUT2D eigenvalue weighted by Crippen LogP contribution is 2.10. The smallest absolute Gasteiger partial charge is 0.305 e. The molecule has 0 atom stereocenters. The third kappa shape index (κ3) is 23.4. The first kappa shape index (κ1) is 26.4. The highest BCUT2D eigenvalue weighted by atomic mass is 16.6. The summed E-state index contributed by atoms with van der Waals surface area (Å²) in [6, 6.07) is 0. The summed E-state index contributed by atoms with van der Waals surface area (Å²) in [5, 5.41) is 0. The molecule has 4 heteroatoms. The van der Waals surface area contributed by atoms with E-state index >= 15 is 0 Å². The molecule has 0 aromatic heterocycles. The molecule has 0 aromatic carbocycles. The van der Waals surface area contributed by atoms with Crippen LogP contribution in [0.2, 0.25) is 0 Å². The van der Waals surface area contributed by atoms with Crippen LogP contribution in [-0.4, -0.2) is 39.0 Å². The van der Waals surface area contributed by atoms with E-state index < -0.39 is 0 Å². The van der Waals surface area contributed by atoms with Gasteiger partial charge in [-0.25, -0.2) is 0 Å². The van der Waals surface area contributed by atoms with Crippen LogP contribution in [-0.2, 0) is 19.0 Å². The molecule has 162 valence electrons. The average molecular weight is 387 g/mol. The molecule has 0 fully saturated rings. The standard InChI is InChI=1S/C23H46O4/c1-3-5-7-9-10-11-12-13-15-17-23(24)27-22-21-26-20-19-25-18-16-14-8-6-4-2/h3-22H2,1-2H3. The monoisotopic (exact) mass is 386 g/mol. The minimum atomic E-state index is -0.0927. The summed E-state index contributed by atoms with van der Waals surface area (Å²) < 4.78 is 16.1. The first-order valence-electron chi connectivity index (χ1n) is 11.6. The van der Waals surface area contributed by atoms with Gasteiger partial charge in [-0.2, -0.15) is 0 Å². The number of unbranched alkanes of at least 4 members (excludes halogenated alkanes) is 12.